The van der Waals surface area contributed by atoms with Gasteiger partial charge in [0.15, 0.2) is 0 Å². The summed E-state index contributed by atoms with van der Waals surface area (Å²) in [6, 6.07) is 16.9. The number of anilines is 2. The molecule has 0 saturated heterocycles. The molecule has 2 amide bonds. The first-order valence-electron chi connectivity index (χ1n) is 6.67. The first-order valence-corrected chi connectivity index (χ1v) is 6.67. The minimum atomic E-state index is -0.207. The Labute approximate surface area is 122 Å². The molecular weight excluding hydrogens is 264 g/mol. The Kier molecular flexibility index (Phi) is 3.51. The maximum Gasteiger partial charge on any atom is 0.251 e. The molecule has 2 aromatic carbocycles. The Bertz CT molecular complexity index is 708. The first kappa shape index (κ1) is 13.1. The van der Waals surface area contributed by atoms with E-state index in [0.29, 0.717) is 5.69 Å². The molecule has 0 aromatic heterocycles. The summed E-state index contributed by atoms with van der Waals surface area (Å²) in [5, 5.41) is 2.76. The van der Waals surface area contributed by atoms with Crippen molar-refractivity contribution >= 4 is 29.3 Å². The van der Waals surface area contributed by atoms with Crippen LogP contribution in [0.1, 0.15) is 5.56 Å². The zero-order chi connectivity index (χ0) is 14.7. The van der Waals surface area contributed by atoms with Gasteiger partial charge in [-0.15, -0.1) is 0 Å². The Morgan fingerprint density at radius 1 is 1.05 bits per heavy atom. The van der Waals surface area contributed by atoms with Crippen LogP contribution in [0.5, 0.6) is 0 Å². The summed E-state index contributed by atoms with van der Waals surface area (Å²) in [7, 11) is 0. The van der Waals surface area contributed by atoms with Crippen LogP contribution in [0.2, 0.25) is 0 Å². The van der Waals surface area contributed by atoms with Crippen molar-refractivity contribution in [1.29, 1.82) is 0 Å². The van der Waals surface area contributed by atoms with Gasteiger partial charge in [0.05, 0.1) is 11.4 Å². The lowest BCUT2D eigenvalue weighted by molar-refractivity contribution is -0.119. The third-order valence-corrected chi connectivity index (χ3v) is 3.25. The van der Waals surface area contributed by atoms with Crippen molar-refractivity contribution in [2.45, 2.75) is 0 Å². The van der Waals surface area contributed by atoms with E-state index in [9.17, 15) is 9.59 Å². The number of benzene rings is 2. The number of hydrogen-bond donors (Lipinski definition) is 1. The summed E-state index contributed by atoms with van der Waals surface area (Å²) >= 11 is 0. The molecule has 1 aliphatic heterocycles. The van der Waals surface area contributed by atoms with Gasteiger partial charge >= 0.3 is 0 Å². The highest BCUT2D eigenvalue weighted by molar-refractivity contribution is 6.13. The van der Waals surface area contributed by atoms with Gasteiger partial charge < -0.3 is 5.32 Å². The lowest BCUT2D eigenvalue weighted by atomic mass is 10.1. The average Bonchev–Trinajstić information content (AvgIpc) is 2.52. The molecule has 3 rings (SSSR count). The number of fused-ring (bicyclic) bond motifs is 1. The van der Waals surface area contributed by atoms with E-state index < -0.39 is 0 Å². The molecule has 0 aliphatic carbocycles. The standard InChI is InChI=1S/C17H14N2O2/c20-16-12-19(15-9-5-4-8-14(15)18-16)17(21)11-10-13-6-2-1-3-7-13/h1-11H,12H2,(H,18,20)/b11-10+. The Morgan fingerprint density at radius 2 is 1.76 bits per heavy atom. The van der Waals surface area contributed by atoms with E-state index in [2.05, 4.69) is 5.32 Å². The number of amides is 2. The normalized spacial score (nSPS) is 13.9. The van der Waals surface area contributed by atoms with Crippen LogP contribution in [0, 0.1) is 0 Å². The van der Waals surface area contributed by atoms with Crippen LogP contribution in [0.3, 0.4) is 0 Å². The van der Waals surface area contributed by atoms with Gasteiger partial charge in [-0.25, -0.2) is 0 Å². The zero-order valence-electron chi connectivity index (χ0n) is 11.3. The van der Waals surface area contributed by atoms with Crippen molar-refractivity contribution in [3.8, 4) is 0 Å². The maximum atomic E-state index is 12.3. The van der Waals surface area contributed by atoms with Crippen molar-refractivity contribution in [3.63, 3.8) is 0 Å². The molecule has 0 unspecified atom stereocenters. The van der Waals surface area contributed by atoms with Crippen molar-refractivity contribution in [1.82, 2.24) is 0 Å². The van der Waals surface area contributed by atoms with Crippen LogP contribution in [0.15, 0.2) is 60.7 Å². The van der Waals surface area contributed by atoms with Crippen LogP contribution in [0.4, 0.5) is 11.4 Å². The predicted molar refractivity (Wildman–Crippen MR) is 82.9 cm³/mol. The van der Waals surface area contributed by atoms with Gasteiger partial charge in [-0.1, -0.05) is 42.5 Å². The first-order chi connectivity index (χ1) is 10.2. The number of nitrogens with zero attached hydrogens (tertiary/aromatic N) is 1. The van der Waals surface area contributed by atoms with E-state index in [1.807, 2.05) is 48.5 Å². The molecule has 104 valence electrons. The van der Waals surface area contributed by atoms with Crippen LogP contribution < -0.4 is 10.2 Å². The van der Waals surface area contributed by atoms with E-state index >= 15 is 0 Å². The van der Waals surface area contributed by atoms with Crippen LogP contribution >= 0.6 is 0 Å². The summed E-state index contributed by atoms with van der Waals surface area (Å²) in [5.41, 5.74) is 2.33. The van der Waals surface area contributed by atoms with E-state index in [4.69, 9.17) is 0 Å². The molecule has 4 nitrogen and oxygen atoms in total. The van der Waals surface area contributed by atoms with Gasteiger partial charge in [0.25, 0.3) is 5.91 Å². The van der Waals surface area contributed by atoms with Gasteiger partial charge in [0.2, 0.25) is 5.91 Å². The zero-order valence-corrected chi connectivity index (χ0v) is 11.3. The highest BCUT2D eigenvalue weighted by Gasteiger charge is 2.24. The molecule has 2 aromatic rings. The summed E-state index contributed by atoms with van der Waals surface area (Å²) in [4.78, 5) is 25.5. The van der Waals surface area contributed by atoms with Gasteiger partial charge in [-0.3, -0.25) is 14.5 Å². The highest BCUT2D eigenvalue weighted by atomic mass is 16.2. The van der Waals surface area contributed by atoms with Crippen molar-refractivity contribution < 1.29 is 9.59 Å². The summed E-state index contributed by atoms with van der Waals surface area (Å²) in [6.07, 6.45) is 3.24. The van der Waals surface area contributed by atoms with E-state index in [-0.39, 0.29) is 18.4 Å². The molecular formula is C17H14N2O2. The minimum absolute atomic E-state index is 0.0367. The fraction of sp³-hybridized carbons (Fsp3) is 0.0588. The number of hydrogen-bond acceptors (Lipinski definition) is 2. The molecule has 21 heavy (non-hydrogen) atoms. The van der Waals surface area contributed by atoms with Crippen LogP contribution in [-0.2, 0) is 9.59 Å². The second-order valence-corrected chi connectivity index (χ2v) is 4.73. The fourth-order valence-corrected chi connectivity index (χ4v) is 2.25. The highest BCUT2D eigenvalue weighted by Crippen LogP contribution is 2.29. The number of rotatable bonds is 2. The quantitative estimate of drug-likeness (QED) is 0.859. The molecule has 0 atom stereocenters. The molecule has 0 radical (unpaired) electrons. The van der Waals surface area contributed by atoms with Crippen LogP contribution in [-0.4, -0.2) is 18.4 Å². The number of carbonyl (C=O) groups excluding carboxylic acids is 2. The Balaban J connectivity index is 1.85. The van der Waals surface area contributed by atoms with Crippen LogP contribution in [0.25, 0.3) is 6.08 Å². The molecule has 1 heterocycles. The van der Waals surface area contributed by atoms with E-state index in [0.717, 1.165) is 11.3 Å². The SMILES string of the molecule is O=C1CN(C(=O)/C=C/c2ccccc2)c2ccccc2N1. The van der Waals surface area contributed by atoms with Crippen molar-refractivity contribution in [2.75, 3.05) is 16.8 Å². The molecule has 0 spiro atoms. The van der Waals surface area contributed by atoms with Gasteiger partial charge in [-0.2, -0.15) is 0 Å². The summed E-state index contributed by atoms with van der Waals surface area (Å²) in [6.45, 7) is 0.0367. The van der Waals surface area contributed by atoms with E-state index in [1.165, 1.54) is 11.0 Å². The molecule has 0 fully saturated rings. The molecule has 0 saturated carbocycles. The van der Waals surface area contributed by atoms with Gasteiger partial charge in [-0.05, 0) is 23.8 Å². The van der Waals surface area contributed by atoms with Crippen molar-refractivity contribution in [3.05, 3.63) is 66.2 Å². The number of para-hydroxylation sites is 2. The monoisotopic (exact) mass is 278 g/mol. The third-order valence-electron chi connectivity index (χ3n) is 3.25. The lowest BCUT2D eigenvalue weighted by Gasteiger charge is -2.28. The topological polar surface area (TPSA) is 49.4 Å². The van der Waals surface area contributed by atoms with E-state index in [1.54, 1.807) is 12.1 Å². The number of nitrogens with one attached hydrogen (secondary N) is 1. The lowest BCUT2D eigenvalue weighted by Crippen LogP contribution is -2.41. The second kappa shape index (κ2) is 5.63. The Hall–Kier alpha value is -2.88. The predicted octanol–water partition coefficient (Wildman–Crippen LogP) is 2.69. The fourth-order valence-electron chi connectivity index (χ4n) is 2.25. The smallest absolute Gasteiger partial charge is 0.251 e. The second-order valence-electron chi connectivity index (χ2n) is 4.73. The number of carbonyl (C=O) groups is 2. The average molecular weight is 278 g/mol. The third kappa shape index (κ3) is 2.84. The van der Waals surface area contributed by atoms with Crippen molar-refractivity contribution in [2.24, 2.45) is 0 Å². The van der Waals surface area contributed by atoms with Gasteiger partial charge in [0, 0.05) is 6.08 Å². The molecule has 0 bridgehead atoms. The summed E-state index contributed by atoms with van der Waals surface area (Å²) in [5.74, 6) is -0.392. The molecule has 1 N–H and O–H groups in total. The molecule has 1 aliphatic rings. The Morgan fingerprint density at radius 3 is 2.57 bits per heavy atom. The largest absolute Gasteiger partial charge is 0.323 e. The molecule has 4 heteroatoms. The van der Waals surface area contributed by atoms with Gasteiger partial charge in [0.1, 0.15) is 6.54 Å². The summed E-state index contributed by atoms with van der Waals surface area (Å²) < 4.78 is 0. The maximum absolute atomic E-state index is 12.3. The minimum Gasteiger partial charge on any atom is -0.323 e.